The van der Waals surface area contributed by atoms with E-state index < -0.39 is 0 Å². The van der Waals surface area contributed by atoms with Gasteiger partial charge in [0.1, 0.15) is 17.7 Å². The van der Waals surface area contributed by atoms with Crippen LogP contribution in [0.5, 0.6) is 5.75 Å². The van der Waals surface area contributed by atoms with Gasteiger partial charge in [-0.05, 0) is 18.2 Å². The molecule has 0 radical (unpaired) electrons. The molecule has 0 bridgehead atoms. The predicted molar refractivity (Wildman–Crippen MR) is 65.6 cm³/mol. The van der Waals surface area contributed by atoms with Crippen LogP contribution in [0.1, 0.15) is 0 Å². The first kappa shape index (κ1) is 10.6. The van der Waals surface area contributed by atoms with Gasteiger partial charge in [-0.25, -0.2) is 0 Å². The maximum absolute atomic E-state index is 11.2. The fraction of sp³-hybridized carbons (Fsp3) is 0.167. The third-order valence-corrected chi connectivity index (χ3v) is 2.63. The number of rotatable bonds is 2. The average Bonchev–Trinajstić information content (AvgIpc) is 2.86. The van der Waals surface area contributed by atoms with Crippen molar-refractivity contribution in [2.45, 2.75) is 0 Å². The summed E-state index contributed by atoms with van der Waals surface area (Å²) >= 11 is 0. The largest absolute Gasteiger partial charge is 0.482 e. The van der Waals surface area contributed by atoms with E-state index in [2.05, 4.69) is 15.6 Å². The quantitative estimate of drug-likeness (QED) is 0.842. The fourth-order valence-electron chi connectivity index (χ4n) is 1.76. The van der Waals surface area contributed by atoms with Crippen LogP contribution in [0.3, 0.4) is 0 Å². The van der Waals surface area contributed by atoms with Gasteiger partial charge in [0.15, 0.2) is 6.61 Å². The predicted octanol–water partition coefficient (Wildman–Crippen LogP) is 1.71. The molecule has 2 N–H and O–H groups in total. The number of hydrogen-bond donors (Lipinski definition) is 2. The van der Waals surface area contributed by atoms with Crippen LogP contribution in [0.25, 0.3) is 11.3 Å². The Kier molecular flexibility index (Phi) is 2.40. The molecular weight excluding hydrogens is 234 g/mol. The Morgan fingerprint density at radius 2 is 2.33 bits per heavy atom. The number of carbonyl (C=O) groups excluding carboxylic acids is 1. The number of amides is 1. The van der Waals surface area contributed by atoms with Crippen LogP contribution in [0.2, 0.25) is 0 Å². The Bertz CT molecular complexity index is 606. The van der Waals surface area contributed by atoms with Crippen LogP contribution in [0.4, 0.5) is 11.7 Å². The standard InChI is InChI=1S/C12H11N3O3/c1-13-12-15-9(5-18-12)7-2-3-10-8(4-7)14-11(16)6-17-10/h2-5H,6H2,1H3,(H,13,15)(H,14,16). The molecule has 3 rings (SSSR count). The highest BCUT2D eigenvalue weighted by molar-refractivity contribution is 5.96. The van der Waals surface area contributed by atoms with Gasteiger partial charge in [-0.15, -0.1) is 0 Å². The van der Waals surface area contributed by atoms with E-state index in [-0.39, 0.29) is 12.5 Å². The van der Waals surface area contributed by atoms with E-state index in [0.717, 1.165) is 5.56 Å². The van der Waals surface area contributed by atoms with Crippen molar-refractivity contribution in [1.29, 1.82) is 0 Å². The molecule has 1 amide bonds. The zero-order valence-corrected chi connectivity index (χ0v) is 9.69. The number of anilines is 2. The summed E-state index contributed by atoms with van der Waals surface area (Å²) in [5.41, 5.74) is 2.20. The number of nitrogens with zero attached hydrogens (tertiary/aromatic N) is 1. The minimum Gasteiger partial charge on any atom is -0.482 e. The monoisotopic (exact) mass is 245 g/mol. The zero-order chi connectivity index (χ0) is 12.5. The molecule has 6 heteroatoms. The summed E-state index contributed by atoms with van der Waals surface area (Å²) in [5.74, 6) is 0.506. The summed E-state index contributed by atoms with van der Waals surface area (Å²) in [6.07, 6.45) is 1.55. The Labute approximate surface area is 103 Å². The highest BCUT2D eigenvalue weighted by Crippen LogP contribution is 2.32. The molecule has 1 aromatic carbocycles. The number of oxazole rings is 1. The maximum Gasteiger partial charge on any atom is 0.294 e. The van der Waals surface area contributed by atoms with Gasteiger partial charge in [0, 0.05) is 12.6 Å². The first-order valence-electron chi connectivity index (χ1n) is 5.46. The van der Waals surface area contributed by atoms with E-state index >= 15 is 0 Å². The number of benzene rings is 1. The lowest BCUT2D eigenvalue weighted by Crippen LogP contribution is -2.25. The minimum atomic E-state index is -0.157. The van der Waals surface area contributed by atoms with Gasteiger partial charge in [0.2, 0.25) is 0 Å². The van der Waals surface area contributed by atoms with E-state index in [1.54, 1.807) is 19.4 Å². The molecule has 0 spiro atoms. The molecule has 1 aromatic heterocycles. The number of carbonyl (C=O) groups is 1. The highest BCUT2D eigenvalue weighted by Gasteiger charge is 2.17. The second-order valence-electron chi connectivity index (χ2n) is 3.84. The lowest BCUT2D eigenvalue weighted by atomic mass is 10.1. The van der Waals surface area contributed by atoms with Gasteiger partial charge < -0.3 is 19.8 Å². The number of ether oxygens (including phenoxy) is 1. The van der Waals surface area contributed by atoms with Gasteiger partial charge in [0.05, 0.1) is 5.69 Å². The first-order chi connectivity index (χ1) is 8.76. The summed E-state index contributed by atoms with van der Waals surface area (Å²) in [4.78, 5) is 15.5. The third kappa shape index (κ3) is 1.77. The Balaban J connectivity index is 1.98. The molecular formula is C12H11N3O3. The summed E-state index contributed by atoms with van der Waals surface area (Å²) in [6.45, 7) is 0.0558. The van der Waals surface area contributed by atoms with E-state index in [0.29, 0.717) is 23.1 Å². The molecule has 0 unspecified atom stereocenters. The Morgan fingerprint density at radius 1 is 1.44 bits per heavy atom. The molecule has 2 aromatic rings. The van der Waals surface area contributed by atoms with Crippen molar-refractivity contribution in [3.8, 4) is 17.0 Å². The van der Waals surface area contributed by atoms with Crippen LogP contribution in [0, 0.1) is 0 Å². The second kappa shape index (κ2) is 4.06. The minimum absolute atomic E-state index is 0.0558. The first-order valence-corrected chi connectivity index (χ1v) is 5.46. The summed E-state index contributed by atoms with van der Waals surface area (Å²) in [6, 6.07) is 5.93. The molecule has 0 saturated heterocycles. The molecule has 2 heterocycles. The SMILES string of the molecule is CNc1nc(-c2ccc3c(c2)NC(=O)CO3)co1. The van der Waals surface area contributed by atoms with Crippen molar-refractivity contribution >= 4 is 17.6 Å². The van der Waals surface area contributed by atoms with Gasteiger partial charge in [-0.3, -0.25) is 4.79 Å². The van der Waals surface area contributed by atoms with Crippen LogP contribution in [0.15, 0.2) is 28.9 Å². The van der Waals surface area contributed by atoms with E-state index in [4.69, 9.17) is 9.15 Å². The van der Waals surface area contributed by atoms with Crippen molar-refractivity contribution in [1.82, 2.24) is 4.98 Å². The Hall–Kier alpha value is -2.50. The summed E-state index contributed by atoms with van der Waals surface area (Å²) in [7, 11) is 1.73. The molecule has 0 aliphatic carbocycles. The van der Waals surface area contributed by atoms with Crippen LogP contribution in [-0.2, 0) is 4.79 Å². The van der Waals surface area contributed by atoms with Crippen LogP contribution >= 0.6 is 0 Å². The third-order valence-electron chi connectivity index (χ3n) is 2.63. The van der Waals surface area contributed by atoms with E-state index in [9.17, 15) is 4.79 Å². The van der Waals surface area contributed by atoms with E-state index in [1.807, 2.05) is 12.1 Å². The lowest BCUT2D eigenvalue weighted by molar-refractivity contribution is -0.118. The number of hydrogen-bond acceptors (Lipinski definition) is 5. The van der Waals surface area contributed by atoms with Crippen molar-refractivity contribution < 1.29 is 13.9 Å². The van der Waals surface area contributed by atoms with Gasteiger partial charge in [0.25, 0.3) is 11.9 Å². The summed E-state index contributed by atoms with van der Waals surface area (Å²) < 4.78 is 10.5. The highest BCUT2D eigenvalue weighted by atomic mass is 16.5. The van der Waals surface area contributed by atoms with Crippen molar-refractivity contribution in [3.63, 3.8) is 0 Å². The van der Waals surface area contributed by atoms with Crippen molar-refractivity contribution in [2.75, 3.05) is 24.3 Å². The molecule has 1 aliphatic heterocycles. The number of nitrogens with one attached hydrogen (secondary N) is 2. The summed E-state index contributed by atoms with van der Waals surface area (Å²) in [5, 5.41) is 5.57. The van der Waals surface area contributed by atoms with Crippen molar-refractivity contribution in [3.05, 3.63) is 24.5 Å². The molecule has 0 atom stereocenters. The molecule has 0 fully saturated rings. The molecule has 6 nitrogen and oxygen atoms in total. The van der Waals surface area contributed by atoms with Gasteiger partial charge in [-0.2, -0.15) is 4.98 Å². The van der Waals surface area contributed by atoms with Crippen LogP contribution in [-0.4, -0.2) is 24.5 Å². The van der Waals surface area contributed by atoms with Gasteiger partial charge >= 0.3 is 0 Å². The maximum atomic E-state index is 11.2. The fourth-order valence-corrected chi connectivity index (χ4v) is 1.76. The topological polar surface area (TPSA) is 76.4 Å². The Morgan fingerprint density at radius 3 is 3.11 bits per heavy atom. The normalized spacial score (nSPS) is 13.5. The molecule has 0 saturated carbocycles. The van der Waals surface area contributed by atoms with Crippen LogP contribution < -0.4 is 15.4 Å². The lowest BCUT2D eigenvalue weighted by Gasteiger charge is -2.18. The smallest absolute Gasteiger partial charge is 0.294 e. The molecule has 1 aliphatic rings. The second-order valence-corrected chi connectivity index (χ2v) is 3.84. The average molecular weight is 245 g/mol. The van der Waals surface area contributed by atoms with Gasteiger partial charge in [-0.1, -0.05) is 0 Å². The van der Waals surface area contributed by atoms with E-state index in [1.165, 1.54) is 0 Å². The number of fused-ring (bicyclic) bond motifs is 1. The van der Waals surface area contributed by atoms with Crippen molar-refractivity contribution in [2.24, 2.45) is 0 Å². The number of aromatic nitrogens is 1. The molecule has 18 heavy (non-hydrogen) atoms. The zero-order valence-electron chi connectivity index (χ0n) is 9.69. The molecule has 92 valence electrons.